The summed E-state index contributed by atoms with van der Waals surface area (Å²) in [6.07, 6.45) is 3.34. The van der Waals surface area contributed by atoms with E-state index < -0.39 is 34.6 Å². The van der Waals surface area contributed by atoms with E-state index in [2.05, 4.69) is 10.6 Å². The van der Waals surface area contributed by atoms with E-state index in [4.69, 9.17) is 0 Å². The molecule has 2 fully saturated rings. The van der Waals surface area contributed by atoms with E-state index in [0.717, 1.165) is 18.9 Å². The topological polar surface area (TPSA) is 64.6 Å². The van der Waals surface area contributed by atoms with Crippen molar-refractivity contribution >= 4 is 17.3 Å². The molecule has 1 amide bonds. The number of rotatable bonds is 6. The third-order valence-corrected chi connectivity index (χ3v) is 5.79. The first-order valence-corrected chi connectivity index (χ1v) is 10.0. The quantitative estimate of drug-likeness (QED) is 0.671. The largest absolute Gasteiger partial charge is 0.385 e. The van der Waals surface area contributed by atoms with E-state index in [9.17, 15) is 23.1 Å². The van der Waals surface area contributed by atoms with Gasteiger partial charge in [0, 0.05) is 12.6 Å². The monoisotopic (exact) mass is 419 g/mol. The van der Waals surface area contributed by atoms with Crippen LogP contribution < -0.4 is 10.6 Å². The zero-order valence-corrected chi connectivity index (χ0v) is 16.6. The van der Waals surface area contributed by atoms with Crippen LogP contribution in [-0.4, -0.2) is 47.2 Å². The van der Waals surface area contributed by atoms with Crippen molar-refractivity contribution in [2.45, 2.75) is 37.8 Å². The molecule has 1 aliphatic carbocycles. The van der Waals surface area contributed by atoms with Crippen LogP contribution in [0.3, 0.4) is 0 Å². The van der Waals surface area contributed by atoms with Gasteiger partial charge in [-0.2, -0.15) is 0 Å². The normalized spacial score (nSPS) is 18.0. The van der Waals surface area contributed by atoms with E-state index >= 15 is 0 Å². The number of aryl methyl sites for hydroxylation is 1. The molecule has 2 aromatic carbocycles. The highest BCUT2D eigenvalue weighted by Crippen LogP contribution is 2.31. The van der Waals surface area contributed by atoms with Crippen molar-refractivity contribution in [3.63, 3.8) is 0 Å². The van der Waals surface area contributed by atoms with Crippen molar-refractivity contribution in [1.82, 2.24) is 10.2 Å². The van der Waals surface area contributed by atoms with Crippen LogP contribution in [0.1, 0.15) is 35.2 Å². The molecule has 0 atom stereocenters. The summed E-state index contributed by atoms with van der Waals surface area (Å²) in [4.78, 5) is 14.3. The molecule has 160 valence electrons. The zero-order chi connectivity index (χ0) is 21.5. The van der Waals surface area contributed by atoms with Gasteiger partial charge < -0.3 is 20.6 Å². The van der Waals surface area contributed by atoms with Crippen molar-refractivity contribution in [2.24, 2.45) is 0 Å². The number of nitrogens with zero attached hydrogens (tertiary/aromatic N) is 1. The number of nitrogens with one attached hydrogen (secondary N) is 2. The lowest BCUT2D eigenvalue weighted by molar-refractivity contribution is -0.0808. The maximum absolute atomic E-state index is 14.5. The van der Waals surface area contributed by atoms with Gasteiger partial charge in [-0.3, -0.25) is 4.79 Å². The number of amides is 1. The standard InChI is InChI=1S/C22H24F3N3O2/c1-13-5-8-18(17(24)9-13)27-20-15(6-7-16(23)19(20)25)21(29)28-11-22(30,12-28)10-26-14-3-2-4-14/h5-9,14,26-27,30H,2-4,10-12H2,1H3. The Kier molecular flexibility index (Phi) is 5.46. The number of hydrogen-bond donors (Lipinski definition) is 3. The van der Waals surface area contributed by atoms with Gasteiger partial charge in [-0.25, -0.2) is 13.2 Å². The molecule has 1 saturated carbocycles. The number of aliphatic hydroxyl groups is 1. The van der Waals surface area contributed by atoms with Crippen molar-refractivity contribution < 1.29 is 23.1 Å². The smallest absolute Gasteiger partial charge is 0.256 e. The van der Waals surface area contributed by atoms with Crippen LogP contribution in [0.2, 0.25) is 0 Å². The van der Waals surface area contributed by atoms with Gasteiger partial charge in [-0.1, -0.05) is 12.5 Å². The summed E-state index contributed by atoms with van der Waals surface area (Å²) in [5.41, 5.74) is -0.984. The number of anilines is 2. The third kappa shape index (κ3) is 4.02. The molecule has 2 aliphatic rings. The number of β-amino-alcohol motifs (C(OH)–C–C–N with tert-alkyl or cyclic N) is 1. The second kappa shape index (κ2) is 7.92. The Labute approximate surface area is 172 Å². The molecule has 8 heteroatoms. The highest BCUT2D eigenvalue weighted by molar-refractivity contribution is 6.01. The predicted octanol–water partition coefficient (Wildman–Crippen LogP) is 3.48. The van der Waals surface area contributed by atoms with Crippen LogP contribution >= 0.6 is 0 Å². The fourth-order valence-electron chi connectivity index (χ4n) is 3.74. The third-order valence-electron chi connectivity index (χ3n) is 5.79. The van der Waals surface area contributed by atoms with Gasteiger partial charge in [0.05, 0.1) is 30.0 Å². The van der Waals surface area contributed by atoms with E-state index in [0.29, 0.717) is 18.2 Å². The van der Waals surface area contributed by atoms with Gasteiger partial charge in [0.15, 0.2) is 11.6 Å². The Balaban J connectivity index is 1.51. The van der Waals surface area contributed by atoms with Crippen molar-refractivity contribution in [3.05, 3.63) is 58.9 Å². The Morgan fingerprint density at radius 1 is 1.17 bits per heavy atom. The minimum atomic E-state index is -1.26. The molecule has 1 aliphatic heterocycles. The minimum absolute atomic E-state index is 0.0658. The van der Waals surface area contributed by atoms with Crippen LogP contribution in [0.5, 0.6) is 0 Å². The lowest BCUT2D eigenvalue weighted by atomic mass is 9.89. The highest BCUT2D eigenvalue weighted by atomic mass is 19.2. The van der Waals surface area contributed by atoms with Crippen LogP contribution in [0, 0.1) is 24.4 Å². The minimum Gasteiger partial charge on any atom is -0.385 e. The van der Waals surface area contributed by atoms with E-state index in [1.807, 2.05) is 0 Å². The summed E-state index contributed by atoms with van der Waals surface area (Å²) < 4.78 is 42.6. The molecule has 3 N–H and O–H groups in total. The summed E-state index contributed by atoms with van der Waals surface area (Å²) in [5.74, 6) is -3.61. The fourth-order valence-corrected chi connectivity index (χ4v) is 3.74. The molecule has 1 saturated heterocycles. The number of benzene rings is 2. The molecule has 2 aromatic rings. The van der Waals surface area contributed by atoms with Crippen LogP contribution in [0.4, 0.5) is 24.5 Å². The number of halogens is 3. The predicted molar refractivity (Wildman–Crippen MR) is 107 cm³/mol. The maximum Gasteiger partial charge on any atom is 0.256 e. The molecule has 0 spiro atoms. The molecule has 0 radical (unpaired) electrons. The Morgan fingerprint density at radius 2 is 1.90 bits per heavy atom. The van der Waals surface area contributed by atoms with Crippen molar-refractivity contribution in [1.29, 1.82) is 0 Å². The summed E-state index contributed by atoms with van der Waals surface area (Å²) in [7, 11) is 0. The molecule has 0 bridgehead atoms. The molecule has 0 unspecified atom stereocenters. The first-order chi connectivity index (χ1) is 14.3. The summed E-state index contributed by atoms with van der Waals surface area (Å²) >= 11 is 0. The van der Waals surface area contributed by atoms with Gasteiger partial charge in [-0.15, -0.1) is 0 Å². The van der Waals surface area contributed by atoms with Gasteiger partial charge in [-0.05, 0) is 49.6 Å². The molecular formula is C22H24F3N3O2. The van der Waals surface area contributed by atoms with Crippen LogP contribution in [0.15, 0.2) is 30.3 Å². The van der Waals surface area contributed by atoms with E-state index in [-0.39, 0.29) is 24.3 Å². The Hall–Kier alpha value is -2.58. The first kappa shape index (κ1) is 20.7. The van der Waals surface area contributed by atoms with Crippen molar-refractivity contribution in [3.8, 4) is 0 Å². The molecule has 5 nitrogen and oxygen atoms in total. The average Bonchev–Trinajstić information content (AvgIpc) is 2.63. The van der Waals surface area contributed by atoms with Crippen LogP contribution in [0.25, 0.3) is 0 Å². The Bertz CT molecular complexity index is 972. The van der Waals surface area contributed by atoms with Gasteiger partial charge in [0.25, 0.3) is 5.91 Å². The van der Waals surface area contributed by atoms with E-state index in [1.54, 1.807) is 13.0 Å². The number of likely N-dealkylation sites (tertiary alicyclic amines) is 1. The zero-order valence-electron chi connectivity index (χ0n) is 16.6. The Morgan fingerprint density at radius 3 is 2.53 bits per heavy atom. The summed E-state index contributed by atoms with van der Waals surface area (Å²) in [6.45, 7) is 2.25. The highest BCUT2D eigenvalue weighted by Gasteiger charge is 2.44. The lowest BCUT2D eigenvalue weighted by Crippen LogP contribution is -2.68. The molecular weight excluding hydrogens is 395 g/mol. The summed E-state index contributed by atoms with van der Waals surface area (Å²) in [6, 6.07) is 6.71. The van der Waals surface area contributed by atoms with Gasteiger partial charge in [0.2, 0.25) is 0 Å². The van der Waals surface area contributed by atoms with Crippen molar-refractivity contribution in [2.75, 3.05) is 25.0 Å². The second-order valence-corrected chi connectivity index (χ2v) is 8.29. The molecule has 0 aromatic heterocycles. The SMILES string of the molecule is Cc1ccc(Nc2c(C(=O)N3CC(O)(CNC4CCC4)C3)ccc(F)c2F)c(F)c1. The lowest BCUT2D eigenvalue weighted by Gasteiger charge is -2.47. The van der Waals surface area contributed by atoms with E-state index in [1.165, 1.54) is 29.5 Å². The fraction of sp³-hybridized carbons (Fsp3) is 0.409. The second-order valence-electron chi connectivity index (χ2n) is 8.29. The first-order valence-electron chi connectivity index (χ1n) is 10.0. The number of carbonyl (C=O) groups is 1. The average molecular weight is 419 g/mol. The molecule has 4 rings (SSSR count). The number of carbonyl (C=O) groups excluding carboxylic acids is 1. The number of hydrogen-bond acceptors (Lipinski definition) is 4. The molecule has 1 heterocycles. The van der Waals surface area contributed by atoms with Crippen LogP contribution in [-0.2, 0) is 0 Å². The summed E-state index contributed by atoms with van der Waals surface area (Å²) in [5, 5.41) is 16.4. The van der Waals surface area contributed by atoms with Gasteiger partial charge >= 0.3 is 0 Å². The molecule has 30 heavy (non-hydrogen) atoms. The maximum atomic E-state index is 14.5. The van der Waals surface area contributed by atoms with Gasteiger partial charge in [0.1, 0.15) is 11.4 Å².